The quantitative estimate of drug-likeness (QED) is 0.779. The van der Waals surface area contributed by atoms with Gasteiger partial charge in [-0.2, -0.15) is 10.4 Å². The number of piperidine rings is 1. The molecule has 0 bridgehead atoms. The summed E-state index contributed by atoms with van der Waals surface area (Å²) in [5.74, 6) is 3.94. The molecule has 3 heterocycles. The van der Waals surface area contributed by atoms with Gasteiger partial charge in [-0.1, -0.05) is 12.1 Å². The van der Waals surface area contributed by atoms with Crippen LogP contribution < -0.4 is 0 Å². The molecule has 1 aromatic carbocycles. The summed E-state index contributed by atoms with van der Waals surface area (Å²) in [7, 11) is 0. The van der Waals surface area contributed by atoms with Gasteiger partial charge in [0.1, 0.15) is 17.3 Å². The molecule has 1 N–H and O–H groups in total. The van der Waals surface area contributed by atoms with E-state index in [1.807, 2.05) is 43.3 Å². The second-order valence-corrected chi connectivity index (χ2v) is 6.75. The van der Waals surface area contributed by atoms with Crippen LogP contribution in [0.3, 0.4) is 0 Å². The first-order chi connectivity index (χ1) is 12.7. The summed E-state index contributed by atoms with van der Waals surface area (Å²) >= 11 is 0. The van der Waals surface area contributed by atoms with Gasteiger partial charge < -0.3 is 4.42 Å². The van der Waals surface area contributed by atoms with E-state index in [0.29, 0.717) is 11.5 Å². The zero-order valence-electron chi connectivity index (χ0n) is 14.8. The van der Waals surface area contributed by atoms with Crippen molar-refractivity contribution in [2.24, 2.45) is 0 Å². The van der Waals surface area contributed by atoms with Crippen LogP contribution >= 0.6 is 0 Å². The van der Waals surface area contributed by atoms with E-state index in [1.165, 1.54) is 0 Å². The minimum absolute atomic E-state index is 0.436. The molecule has 1 saturated heterocycles. The summed E-state index contributed by atoms with van der Waals surface area (Å²) in [5, 5.41) is 16.5. The second-order valence-electron chi connectivity index (χ2n) is 6.75. The Morgan fingerprint density at radius 1 is 1.23 bits per heavy atom. The van der Waals surface area contributed by atoms with Crippen molar-refractivity contribution in [3.63, 3.8) is 0 Å². The Hall–Kier alpha value is -2.91. The van der Waals surface area contributed by atoms with Crippen molar-refractivity contribution in [3.05, 3.63) is 59.4 Å². The lowest BCUT2D eigenvalue weighted by Crippen LogP contribution is -2.32. The van der Waals surface area contributed by atoms with Crippen molar-refractivity contribution in [2.75, 3.05) is 13.1 Å². The van der Waals surface area contributed by atoms with Gasteiger partial charge in [-0.15, -0.1) is 0 Å². The summed E-state index contributed by atoms with van der Waals surface area (Å²) in [6.45, 7) is 4.73. The number of aromatic amines is 1. The number of hydrogen-bond acceptors (Lipinski definition) is 5. The van der Waals surface area contributed by atoms with Gasteiger partial charge in [-0.05, 0) is 57.1 Å². The van der Waals surface area contributed by atoms with Gasteiger partial charge >= 0.3 is 0 Å². The number of aryl methyl sites for hydroxylation is 1. The molecule has 0 radical (unpaired) electrons. The highest BCUT2D eigenvalue weighted by Crippen LogP contribution is 2.29. The molecule has 0 atom stereocenters. The summed E-state index contributed by atoms with van der Waals surface area (Å²) in [5.41, 5.74) is 1.48. The van der Waals surface area contributed by atoms with Crippen molar-refractivity contribution in [1.82, 2.24) is 20.1 Å². The number of aromatic nitrogens is 3. The van der Waals surface area contributed by atoms with Crippen LogP contribution in [0.1, 0.15) is 41.7 Å². The molecule has 0 amide bonds. The molecule has 1 fully saturated rings. The van der Waals surface area contributed by atoms with Gasteiger partial charge in [-0.3, -0.25) is 10.00 Å². The maximum atomic E-state index is 9.26. The summed E-state index contributed by atoms with van der Waals surface area (Å²) in [6, 6.07) is 13.7. The number of hydrogen-bond donors (Lipinski definition) is 1. The fourth-order valence-electron chi connectivity index (χ4n) is 3.52. The number of nitriles is 1. The number of likely N-dealkylation sites (tertiary alicyclic amines) is 1. The first kappa shape index (κ1) is 16.6. The Balaban J connectivity index is 1.39. The van der Waals surface area contributed by atoms with Crippen molar-refractivity contribution in [2.45, 2.75) is 32.2 Å². The molecule has 0 aliphatic carbocycles. The van der Waals surface area contributed by atoms with Gasteiger partial charge in [0.05, 0.1) is 18.2 Å². The Morgan fingerprint density at radius 3 is 2.77 bits per heavy atom. The number of nitrogens with zero attached hydrogens (tertiary/aromatic N) is 4. The van der Waals surface area contributed by atoms with Gasteiger partial charge in [0.15, 0.2) is 5.82 Å². The average Bonchev–Trinajstić information content (AvgIpc) is 3.31. The highest BCUT2D eigenvalue weighted by atomic mass is 16.3. The van der Waals surface area contributed by atoms with Gasteiger partial charge in [-0.25, -0.2) is 4.98 Å². The molecule has 26 heavy (non-hydrogen) atoms. The van der Waals surface area contributed by atoms with E-state index in [-0.39, 0.29) is 0 Å². The van der Waals surface area contributed by atoms with Crippen LogP contribution in [-0.2, 0) is 6.54 Å². The third-order valence-corrected chi connectivity index (χ3v) is 4.92. The van der Waals surface area contributed by atoms with Crippen LogP contribution in [0.25, 0.3) is 11.3 Å². The number of rotatable bonds is 4. The largest absolute Gasteiger partial charge is 0.460 e. The van der Waals surface area contributed by atoms with Crippen LogP contribution in [0.15, 0.2) is 40.8 Å². The Bertz CT molecular complexity index is 928. The van der Waals surface area contributed by atoms with E-state index >= 15 is 0 Å². The lowest BCUT2D eigenvalue weighted by atomic mass is 9.96. The molecule has 1 aliphatic heterocycles. The number of benzene rings is 1. The van der Waals surface area contributed by atoms with Crippen molar-refractivity contribution in [3.8, 4) is 17.4 Å². The van der Waals surface area contributed by atoms with Crippen molar-refractivity contribution in [1.29, 1.82) is 5.26 Å². The van der Waals surface area contributed by atoms with E-state index in [4.69, 9.17) is 4.42 Å². The smallest absolute Gasteiger partial charge is 0.153 e. The van der Waals surface area contributed by atoms with E-state index in [0.717, 1.165) is 61.2 Å². The molecule has 2 aromatic heterocycles. The van der Waals surface area contributed by atoms with Gasteiger partial charge in [0, 0.05) is 11.5 Å². The van der Waals surface area contributed by atoms with Gasteiger partial charge in [0.25, 0.3) is 0 Å². The second kappa shape index (κ2) is 7.14. The number of H-pyrrole nitrogens is 1. The number of nitrogens with one attached hydrogen (secondary N) is 1. The van der Waals surface area contributed by atoms with E-state index < -0.39 is 0 Å². The van der Waals surface area contributed by atoms with E-state index in [9.17, 15) is 5.26 Å². The predicted molar refractivity (Wildman–Crippen MR) is 97.2 cm³/mol. The lowest BCUT2D eigenvalue weighted by Gasteiger charge is -2.29. The topological polar surface area (TPSA) is 81.7 Å². The molecule has 6 nitrogen and oxygen atoms in total. The third kappa shape index (κ3) is 3.39. The van der Waals surface area contributed by atoms with Crippen molar-refractivity contribution < 1.29 is 4.42 Å². The van der Waals surface area contributed by atoms with Crippen LogP contribution in [-0.4, -0.2) is 33.2 Å². The first-order valence-corrected chi connectivity index (χ1v) is 8.92. The minimum Gasteiger partial charge on any atom is -0.460 e. The Kier molecular flexibility index (Phi) is 4.55. The third-order valence-electron chi connectivity index (χ3n) is 4.92. The standard InChI is InChI=1S/C20H21N5O/c1-14-22-20(24-23-14)15-8-10-25(11-9-15)13-17-6-7-19(26-17)18-5-3-2-4-16(18)12-21/h2-7,15H,8-11,13H2,1H3,(H,22,23,24). The summed E-state index contributed by atoms with van der Waals surface area (Å²) < 4.78 is 6.01. The SMILES string of the molecule is Cc1nc(C2CCN(Cc3ccc(-c4ccccc4C#N)o3)CC2)n[nH]1. The Morgan fingerprint density at radius 2 is 2.04 bits per heavy atom. The average molecular weight is 347 g/mol. The maximum absolute atomic E-state index is 9.26. The first-order valence-electron chi connectivity index (χ1n) is 8.92. The van der Waals surface area contributed by atoms with Gasteiger partial charge in [0.2, 0.25) is 0 Å². The van der Waals surface area contributed by atoms with Crippen LogP contribution in [0, 0.1) is 18.3 Å². The highest BCUT2D eigenvalue weighted by Gasteiger charge is 2.24. The minimum atomic E-state index is 0.436. The molecule has 0 spiro atoms. The summed E-state index contributed by atoms with van der Waals surface area (Å²) in [4.78, 5) is 6.86. The normalized spacial score (nSPS) is 15.8. The van der Waals surface area contributed by atoms with Crippen LogP contribution in [0.2, 0.25) is 0 Å². The molecule has 132 valence electrons. The molecule has 0 saturated carbocycles. The molecule has 6 heteroatoms. The fourth-order valence-corrected chi connectivity index (χ4v) is 3.52. The molecule has 4 rings (SSSR count). The zero-order chi connectivity index (χ0) is 17.9. The molecule has 0 unspecified atom stereocenters. The maximum Gasteiger partial charge on any atom is 0.153 e. The fraction of sp³-hybridized carbons (Fsp3) is 0.350. The molecular weight excluding hydrogens is 326 g/mol. The Labute approximate surface area is 152 Å². The molecule has 1 aliphatic rings. The van der Waals surface area contributed by atoms with Crippen LogP contribution in [0.4, 0.5) is 0 Å². The van der Waals surface area contributed by atoms with Crippen molar-refractivity contribution >= 4 is 0 Å². The monoisotopic (exact) mass is 347 g/mol. The molecule has 3 aromatic rings. The summed E-state index contributed by atoms with van der Waals surface area (Å²) in [6.07, 6.45) is 2.12. The highest BCUT2D eigenvalue weighted by molar-refractivity contribution is 5.66. The zero-order valence-corrected chi connectivity index (χ0v) is 14.8. The predicted octanol–water partition coefficient (Wildman–Crippen LogP) is 3.62. The van der Waals surface area contributed by atoms with E-state index in [1.54, 1.807) is 0 Å². The van der Waals surface area contributed by atoms with Crippen LogP contribution in [0.5, 0.6) is 0 Å². The number of furan rings is 1. The molecular formula is C20H21N5O. The lowest BCUT2D eigenvalue weighted by molar-refractivity contribution is 0.189. The van der Waals surface area contributed by atoms with E-state index in [2.05, 4.69) is 26.2 Å².